The predicted octanol–water partition coefficient (Wildman–Crippen LogP) is 2.85. The van der Waals surface area contributed by atoms with Gasteiger partial charge in [-0.1, -0.05) is 30.9 Å². The fraction of sp³-hybridized carbons (Fsp3) is 0.467. The molecule has 0 aliphatic heterocycles. The minimum absolute atomic E-state index is 0.107. The van der Waals surface area contributed by atoms with E-state index in [0.717, 1.165) is 37.8 Å². The van der Waals surface area contributed by atoms with Gasteiger partial charge in [-0.3, -0.25) is 14.9 Å². The number of nitrogens with one attached hydrogen (secondary N) is 1. The number of halogens is 1. The van der Waals surface area contributed by atoms with Crippen molar-refractivity contribution in [3.05, 3.63) is 38.9 Å². The second kappa shape index (κ2) is 7.92. The summed E-state index contributed by atoms with van der Waals surface area (Å²) in [5.74, 6) is -1.35. The van der Waals surface area contributed by atoms with Crippen molar-refractivity contribution < 1.29 is 19.2 Å². The van der Waals surface area contributed by atoms with Gasteiger partial charge in [0.25, 0.3) is 11.6 Å². The summed E-state index contributed by atoms with van der Waals surface area (Å²) in [6.07, 6.45) is 5.14. The van der Waals surface area contributed by atoms with Crippen molar-refractivity contribution in [1.82, 2.24) is 5.32 Å². The first kappa shape index (κ1) is 17.2. The lowest BCUT2D eigenvalue weighted by Crippen LogP contribution is -2.38. The summed E-state index contributed by atoms with van der Waals surface area (Å²) in [6.45, 7) is -0.473. The molecular weight excluding hydrogens is 324 g/mol. The highest BCUT2D eigenvalue weighted by Crippen LogP contribution is 2.23. The van der Waals surface area contributed by atoms with Crippen molar-refractivity contribution in [1.29, 1.82) is 0 Å². The van der Waals surface area contributed by atoms with Crippen molar-refractivity contribution in [3.8, 4) is 0 Å². The number of benzene rings is 1. The van der Waals surface area contributed by atoms with Gasteiger partial charge in [0.05, 0.1) is 4.92 Å². The minimum Gasteiger partial charge on any atom is -0.452 e. The predicted molar refractivity (Wildman–Crippen MR) is 83.4 cm³/mol. The van der Waals surface area contributed by atoms with Gasteiger partial charge in [0.2, 0.25) is 0 Å². The molecule has 1 aromatic carbocycles. The first-order valence-corrected chi connectivity index (χ1v) is 7.75. The number of amides is 1. The highest BCUT2D eigenvalue weighted by molar-refractivity contribution is 6.31. The van der Waals surface area contributed by atoms with E-state index in [4.69, 9.17) is 16.3 Å². The summed E-state index contributed by atoms with van der Waals surface area (Å²) in [7, 11) is 0. The lowest BCUT2D eigenvalue weighted by Gasteiger charge is -2.22. The van der Waals surface area contributed by atoms with Crippen LogP contribution in [0.1, 0.15) is 42.5 Å². The van der Waals surface area contributed by atoms with E-state index < -0.39 is 29.1 Å². The summed E-state index contributed by atoms with van der Waals surface area (Å²) in [5, 5.41) is 13.9. The molecule has 124 valence electrons. The smallest absolute Gasteiger partial charge is 0.345 e. The fourth-order valence-electron chi connectivity index (χ4n) is 2.56. The Bertz CT molecular complexity index is 614. The third-order valence-corrected chi connectivity index (χ3v) is 3.91. The lowest BCUT2D eigenvalue weighted by molar-refractivity contribution is -0.385. The Morgan fingerprint density at radius 2 is 2.00 bits per heavy atom. The Balaban J connectivity index is 1.92. The highest BCUT2D eigenvalue weighted by Gasteiger charge is 2.23. The number of nitro benzene ring substituents is 1. The second-order valence-corrected chi connectivity index (χ2v) is 5.83. The van der Waals surface area contributed by atoms with Crippen LogP contribution >= 0.6 is 11.6 Å². The molecule has 0 atom stereocenters. The zero-order valence-electron chi connectivity index (χ0n) is 12.4. The van der Waals surface area contributed by atoms with Crippen LogP contribution < -0.4 is 5.32 Å². The molecule has 1 fully saturated rings. The lowest BCUT2D eigenvalue weighted by atomic mass is 9.95. The number of rotatable bonds is 5. The summed E-state index contributed by atoms with van der Waals surface area (Å²) in [4.78, 5) is 34.0. The third kappa shape index (κ3) is 4.92. The van der Waals surface area contributed by atoms with Crippen molar-refractivity contribution in [2.24, 2.45) is 0 Å². The van der Waals surface area contributed by atoms with Crippen molar-refractivity contribution >= 4 is 29.2 Å². The van der Waals surface area contributed by atoms with Gasteiger partial charge in [0.15, 0.2) is 6.61 Å². The van der Waals surface area contributed by atoms with E-state index in [2.05, 4.69) is 5.32 Å². The molecule has 0 bridgehead atoms. The number of ether oxygens (including phenoxy) is 1. The van der Waals surface area contributed by atoms with Gasteiger partial charge in [-0.25, -0.2) is 4.79 Å². The van der Waals surface area contributed by atoms with Gasteiger partial charge in [0.1, 0.15) is 5.56 Å². The standard InChI is InChI=1S/C15H17ClN2O5/c16-10-6-7-13(18(21)22)12(8-10)15(20)23-9-14(19)17-11-4-2-1-3-5-11/h6-8,11H,1-5,9H2,(H,17,19). The van der Waals surface area contributed by atoms with E-state index in [1.165, 1.54) is 12.5 Å². The van der Waals surface area contributed by atoms with Crippen LogP contribution in [0.2, 0.25) is 5.02 Å². The van der Waals surface area contributed by atoms with Gasteiger partial charge in [0, 0.05) is 17.1 Å². The van der Waals surface area contributed by atoms with Gasteiger partial charge in [-0.2, -0.15) is 0 Å². The first-order chi connectivity index (χ1) is 11.0. The van der Waals surface area contributed by atoms with Crippen LogP contribution in [0.5, 0.6) is 0 Å². The van der Waals surface area contributed by atoms with Crippen LogP contribution in [0.25, 0.3) is 0 Å². The van der Waals surface area contributed by atoms with Crippen molar-refractivity contribution in [2.75, 3.05) is 6.61 Å². The van der Waals surface area contributed by atoms with Crippen LogP contribution in [-0.4, -0.2) is 29.4 Å². The normalized spacial score (nSPS) is 15.0. The van der Waals surface area contributed by atoms with Crippen molar-refractivity contribution in [3.63, 3.8) is 0 Å². The van der Waals surface area contributed by atoms with E-state index in [1.807, 2.05) is 0 Å². The Kier molecular flexibility index (Phi) is 5.92. The van der Waals surface area contributed by atoms with Crippen LogP contribution in [0.3, 0.4) is 0 Å². The zero-order chi connectivity index (χ0) is 16.8. The van der Waals surface area contributed by atoms with E-state index in [1.54, 1.807) is 0 Å². The van der Waals surface area contributed by atoms with Crippen LogP contribution in [-0.2, 0) is 9.53 Å². The van der Waals surface area contributed by atoms with Gasteiger partial charge in [-0.15, -0.1) is 0 Å². The Morgan fingerprint density at radius 1 is 1.30 bits per heavy atom. The molecule has 0 spiro atoms. The van der Waals surface area contributed by atoms with E-state index in [0.29, 0.717) is 0 Å². The van der Waals surface area contributed by atoms with Crippen LogP contribution in [0.4, 0.5) is 5.69 Å². The molecule has 0 radical (unpaired) electrons. The molecule has 1 aromatic rings. The molecule has 0 unspecified atom stereocenters. The molecule has 23 heavy (non-hydrogen) atoms. The van der Waals surface area contributed by atoms with E-state index in [-0.39, 0.29) is 16.6 Å². The molecule has 2 rings (SSSR count). The molecule has 1 amide bonds. The second-order valence-electron chi connectivity index (χ2n) is 5.40. The Hall–Kier alpha value is -2.15. The van der Waals surface area contributed by atoms with E-state index in [9.17, 15) is 19.7 Å². The average molecular weight is 341 g/mol. The fourth-order valence-corrected chi connectivity index (χ4v) is 2.73. The molecule has 0 aromatic heterocycles. The first-order valence-electron chi connectivity index (χ1n) is 7.38. The average Bonchev–Trinajstić information content (AvgIpc) is 2.53. The van der Waals surface area contributed by atoms with Crippen LogP contribution in [0.15, 0.2) is 18.2 Å². The maximum absolute atomic E-state index is 12.0. The van der Waals surface area contributed by atoms with Crippen LogP contribution in [0, 0.1) is 10.1 Å². The molecule has 1 aliphatic rings. The number of carbonyl (C=O) groups excluding carboxylic acids is 2. The number of carbonyl (C=O) groups is 2. The largest absolute Gasteiger partial charge is 0.452 e. The summed E-state index contributed by atoms with van der Waals surface area (Å²) < 4.78 is 4.86. The monoisotopic (exact) mass is 340 g/mol. The summed E-state index contributed by atoms with van der Waals surface area (Å²) in [5.41, 5.74) is -0.681. The molecule has 1 N–H and O–H groups in total. The Labute approximate surface area is 138 Å². The highest BCUT2D eigenvalue weighted by atomic mass is 35.5. The van der Waals surface area contributed by atoms with Gasteiger partial charge >= 0.3 is 5.97 Å². The minimum atomic E-state index is -0.946. The molecule has 7 nitrogen and oxygen atoms in total. The quantitative estimate of drug-likeness (QED) is 0.505. The maximum Gasteiger partial charge on any atom is 0.345 e. The summed E-state index contributed by atoms with van der Waals surface area (Å²) in [6, 6.07) is 3.70. The number of esters is 1. The van der Waals surface area contributed by atoms with Gasteiger partial charge in [-0.05, 0) is 25.0 Å². The van der Waals surface area contributed by atoms with Gasteiger partial charge < -0.3 is 10.1 Å². The molecule has 0 saturated heterocycles. The topological polar surface area (TPSA) is 98.5 Å². The number of hydrogen-bond acceptors (Lipinski definition) is 5. The molecule has 1 saturated carbocycles. The number of hydrogen-bond donors (Lipinski definition) is 1. The SMILES string of the molecule is O=C(COC(=O)c1cc(Cl)ccc1[N+](=O)[O-])NC1CCCCC1. The zero-order valence-corrected chi connectivity index (χ0v) is 13.2. The number of nitrogens with zero attached hydrogens (tertiary/aromatic N) is 1. The maximum atomic E-state index is 12.0. The third-order valence-electron chi connectivity index (χ3n) is 3.68. The van der Waals surface area contributed by atoms with E-state index >= 15 is 0 Å². The number of nitro groups is 1. The molecule has 0 heterocycles. The van der Waals surface area contributed by atoms with Crippen molar-refractivity contribution in [2.45, 2.75) is 38.1 Å². The summed E-state index contributed by atoms with van der Waals surface area (Å²) >= 11 is 5.75. The Morgan fingerprint density at radius 3 is 2.65 bits per heavy atom. The molecular formula is C15H17ClN2O5. The molecule has 8 heteroatoms. The molecule has 1 aliphatic carbocycles.